The lowest BCUT2D eigenvalue weighted by atomic mass is 10.1. The van der Waals surface area contributed by atoms with Crippen molar-refractivity contribution in [1.82, 2.24) is 0 Å². The van der Waals surface area contributed by atoms with E-state index in [-0.39, 0.29) is 5.56 Å². The number of amides is 1. The lowest BCUT2D eigenvalue weighted by Crippen LogP contribution is -2.26. The summed E-state index contributed by atoms with van der Waals surface area (Å²) in [5.74, 6) is -0.688. The summed E-state index contributed by atoms with van der Waals surface area (Å²) in [7, 11) is 1.51. The van der Waals surface area contributed by atoms with Crippen molar-refractivity contribution in [3.8, 4) is 5.75 Å². The third-order valence-electron chi connectivity index (χ3n) is 4.46. The molecule has 0 radical (unpaired) electrons. The molecule has 0 saturated carbocycles. The van der Waals surface area contributed by atoms with Gasteiger partial charge in [0.05, 0.1) is 18.4 Å². The van der Waals surface area contributed by atoms with Crippen molar-refractivity contribution in [1.29, 1.82) is 0 Å². The lowest BCUT2D eigenvalue weighted by molar-refractivity contribution is -0.125. The predicted molar refractivity (Wildman–Crippen MR) is 113 cm³/mol. The van der Waals surface area contributed by atoms with E-state index in [9.17, 15) is 14.4 Å². The van der Waals surface area contributed by atoms with Gasteiger partial charge in [0.2, 0.25) is 6.10 Å². The van der Waals surface area contributed by atoms with E-state index in [4.69, 9.17) is 9.47 Å². The van der Waals surface area contributed by atoms with Crippen LogP contribution in [0.1, 0.15) is 37.9 Å². The fourth-order valence-corrected chi connectivity index (χ4v) is 2.89. The number of aldehydes is 1. The molecule has 0 spiro atoms. The topological polar surface area (TPSA) is 81.7 Å². The number of methoxy groups -OCH3 is 1. The van der Waals surface area contributed by atoms with Gasteiger partial charge < -0.3 is 14.8 Å². The van der Waals surface area contributed by atoms with E-state index in [0.29, 0.717) is 28.8 Å². The van der Waals surface area contributed by atoms with Gasteiger partial charge in [-0.15, -0.1) is 0 Å². The minimum absolute atomic E-state index is 0.238. The van der Waals surface area contributed by atoms with Crippen LogP contribution in [-0.2, 0) is 9.53 Å². The highest BCUT2D eigenvalue weighted by Gasteiger charge is 2.26. The van der Waals surface area contributed by atoms with E-state index >= 15 is 0 Å². The fraction of sp³-hybridized carbons (Fsp3) is 0.125. The van der Waals surface area contributed by atoms with Gasteiger partial charge in [0.25, 0.3) is 5.91 Å². The Kier molecular flexibility index (Phi) is 6.60. The minimum atomic E-state index is -1.17. The number of esters is 1. The zero-order valence-corrected chi connectivity index (χ0v) is 16.6. The molecule has 0 unspecified atom stereocenters. The van der Waals surface area contributed by atoms with E-state index in [2.05, 4.69) is 5.32 Å². The maximum absolute atomic E-state index is 13.1. The van der Waals surface area contributed by atoms with Gasteiger partial charge in [-0.3, -0.25) is 9.59 Å². The molecule has 0 fully saturated rings. The van der Waals surface area contributed by atoms with Gasteiger partial charge in [-0.25, -0.2) is 4.79 Å². The number of rotatable bonds is 7. The van der Waals surface area contributed by atoms with Crippen molar-refractivity contribution in [3.05, 3.63) is 95.1 Å². The van der Waals surface area contributed by atoms with Crippen LogP contribution in [0.5, 0.6) is 5.75 Å². The fourth-order valence-electron chi connectivity index (χ4n) is 2.89. The molecule has 0 aromatic heterocycles. The molecule has 6 nitrogen and oxygen atoms in total. The lowest BCUT2D eigenvalue weighted by Gasteiger charge is -2.19. The summed E-state index contributed by atoms with van der Waals surface area (Å²) in [5.41, 5.74) is 2.63. The maximum atomic E-state index is 13.1. The number of nitrogens with one attached hydrogen (secondary N) is 1. The summed E-state index contributed by atoms with van der Waals surface area (Å²) in [6.07, 6.45) is -0.487. The zero-order chi connectivity index (χ0) is 21.5. The van der Waals surface area contributed by atoms with Crippen LogP contribution in [0.3, 0.4) is 0 Å². The van der Waals surface area contributed by atoms with Gasteiger partial charge in [-0.2, -0.15) is 0 Å². The molecule has 3 aromatic carbocycles. The Morgan fingerprint density at radius 2 is 1.67 bits per heavy atom. The van der Waals surface area contributed by atoms with Crippen LogP contribution >= 0.6 is 0 Å². The Bertz CT molecular complexity index is 1040. The molecule has 3 aromatic rings. The largest absolute Gasteiger partial charge is 0.495 e. The summed E-state index contributed by atoms with van der Waals surface area (Å²) in [4.78, 5) is 36.5. The van der Waals surface area contributed by atoms with Crippen LogP contribution in [0.2, 0.25) is 0 Å². The summed E-state index contributed by atoms with van der Waals surface area (Å²) in [6, 6.07) is 20.1. The molecular weight excluding hydrogens is 382 g/mol. The average molecular weight is 403 g/mol. The maximum Gasteiger partial charge on any atom is 0.339 e. The van der Waals surface area contributed by atoms with E-state index in [1.165, 1.54) is 31.4 Å². The highest BCUT2D eigenvalue weighted by Crippen LogP contribution is 2.28. The molecule has 0 aliphatic rings. The SMILES string of the molecule is COc1ccc(C)cc1NC(=O)[C@@H](OC(=O)c1ccc(C=O)cc1)c1ccccc1. The molecule has 0 heterocycles. The Balaban J connectivity index is 1.87. The van der Waals surface area contributed by atoms with Gasteiger partial charge >= 0.3 is 5.97 Å². The molecule has 3 rings (SSSR count). The summed E-state index contributed by atoms with van der Waals surface area (Å²) < 4.78 is 10.9. The summed E-state index contributed by atoms with van der Waals surface area (Å²) in [6.45, 7) is 1.90. The first-order chi connectivity index (χ1) is 14.5. The number of hydrogen-bond acceptors (Lipinski definition) is 5. The molecule has 0 aliphatic heterocycles. The normalized spacial score (nSPS) is 11.3. The Morgan fingerprint density at radius 3 is 2.30 bits per heavy atom. The molecule has 0 saturated heterocycles. The second-order valence-corrected chi connectivity index (χ2v) is 6.63. The number of hydrogen-bond donors (Lipinski definition) is 1. The van der Waals surface area contributed by atoms with Gasteiger partial charge in [-0.05, 0) is 36.8 Å². The highest BCUT2D eigenvalue weighted by molar-refractivity contribution is 5.99. The Hall–Kier alpha value is -3.93. The van der Waals surface area contributed by atoms with Crippen LogP contribution in [0.15, 0.2) is 72.8 Å². The van der Waals surface area contributed by atoms with Gasteiger partial charge in [0, 0.05) is 11.1 Å². The average Bonchev–Trinajstić information content (AvgIpc) is 2.78. The molecule has 1 atom stereocenters. The minimum Gasteiger partial charge on any atom is -0.495 e. The highest BCUT2D eigenvalue weighted by atomic mass is 16.5. The van der Waals surface area contributed by atoms with Crippen molar-refractivity contribution >= 4 is 23.9 Å². The first-order valence-electron chi connectivity index (χ1n) is 9.28. The predicted octanol–water partition coefficient (Wildman–Crippen LogP) is 4.35. The molecule has 0 bridgehead atoms. The molecule has 6 heteroatoms. The van der Waals surface area contributed by atoms with Gasteiger partial charge in [0.15, 0.2) is 0 Å². The number of benzene rings is 3. The quantitative estimate of drug-likeness (QED) is 0.468. The third-order valence-corrected chi connectivity index (χ3v) is 4.46. The van der Waals surface area contributed by atoms with Gasteiger partial charge in [-0.1, -0.05) is 48.5 Å². The zero-order valence-electron chi connectivity index (χ0n) is 16.6. The second-order valence-electron chi connectivity index (χ2n) is 6.63. The molecular formula is C24H21NO5. The Labute approximate surface area is 174 Å². The second kappa shape index (κ2) is 9.52. The first-order valence-corrected chi connectivity index (χ1v) is 9.28. The number of aryl methyl sites for hydroxylation is 1. The number of anilines is 1. The van der Waals surface area contributed by atoms with Crippen molar-refractivity contribution < 1.29 is 23.9 Å². The monoisotopic (exact) mass is 403 g/mol. The van der Waals surface area contributed by atoms with Crippen LogP contribution < -0.4 is 10.1 Å². The van der Waals surface area contributed by atoms with Crippen LogP contribution in [0, 0.1) is 6.92 Å². The van der Waals surface area contributed by atoms with Crippen molar-refractivity contribution in [3.63, 3.8) is 0 Å². The molecule has 1 amide bonds. The number of carbonyl (C=O) groups excluding carboxylic acids is 3. The summed E-state index contributed by atoms with van der Waals surface area (Å²) >= 11 is 0. The van der Waals surface area contributed by atoms with Crippen LogP contribution in [0.25, 0.3) is 0 Å². The van der Waals surface area contributed by atoms with Crippen LogP contribution in [0.4, 0.5) is 5.69 Å². The van der Waals surface area contributed by atoms with E-state index < -0.39 is 18.0 Å². The molecule has 0 aliphatic carbocycles. The third kappa shape index (κ3) is 4.91. The Morgan fingerprint density at radius 1 is 0.967 bits per heavy atom. The van der Waals surface area contributed by atoms with Crippen molar-refractivity contribution in [2.75, 3.05) is 12.4 Å². The first kappa shape index (κ1) is 20.8. The van der Waals surface area contributed by atoms with E-state index in [1.54, 1.807) is 36.4 Å². The van der Waals surface area contributed by atoms with E-state index in [0.717, 1.165) is 5.56 Å². The molecule has 152 valence electrons. The van der Waals surface area contributed by atoms with Crippen LogP contribution in [-0.4, -0.2) is 25.3 Å². The number of ether oxygens (including phenoxy) is 2. The standard InChI is InChI=1S/C24H21NO5/c1-16-8-13-21(29-2)20(14-16)25-23(27)22(18-6-4-3-5-7-18)30-24(28)19-11-9-17(15-26)10-12-19/h3-15,22H,1-2H3,(H,25,27)/t22-/m0/s1. The van der Waals surface area contributed by atoms with Crippen molar-refractivity contribution in [2.45, 2.75) is 13.0 Å². The van der Waals surface area contributed by atoms with Gasteiger partial charge in [0.1, 0.15) is 12.0 Å². The molecule has 1 N–H and O–H groups in total. The van der Waals surface area contributed by atoms with E-state index in [1.807, 2.05) is 19.1 Å². The smallest absolute Gasteiger partial charge is 0.339 e. The van der Waals surface area contributed by atoms with Crippen molar-refractivity contribution in [2.24, 2.45) is 0 Å². The summed E-state index contributed by atoms with van der Waals surface area (Å²) in [5, 5.41) is 2.79. The molecule has 30 heavy (non-hydrogen) atoms. The number of carbonyl (C=O) groups is 3.